The van der Waals surface area contributed by atoms with Crippen LogP contribution in [0, 0.1) is 0 Å². The lowest BCUT2D eigenvalue weighted by Gasteiger charge is -2.02. The minimum atomic E-state index is 0.591. The van der Waals surface area contributed by atoms with Crippen molar-refractivity contribution in [3.05, 3.63) is 33.8 Å². The van der Waals surface area contributed by atoms with Gasteiger partial charge in [-0.05, 0) is 11.6 Å². The zero-order chi connectivity index (χ0) is 8.27. The van der Waals surface area contributed by atoms with E-state index >= 15 is 0 Å². The summed E-state index contributed by atoms with van der Waals surface area (Å²) in [4.78, 5) is 0. The first kappa shape index (κ1) is 8.85. The van der Waals surface area contributed by atoms with E-state index in [0.717, 1.165) is 5.56 Å². The van der Waals surface area contributed by atoms with Crippen molar-refractivity contribution in [1.82, 2.24) is 5.32 Å². The van der Waals surface area contributed by atoms with Crippen LogP contribution in [0.3, 0.4) is 0 Å². The zero-order valence-corrected chi connectivity index (χ0v) is 7.65. The Hall–Kier alpha value is -0.240. The summed E-state index contributed by atoms with van der Waals surface area (Å²) in [6, 6.07) is 5.55. The van der Waals surface area contributed by atoms with Gasteiger partial charge in [-0.25, -0.2) is 5.32 Å². The van der Waals surface area contributed by atoms with Gasteiger partial charge in [-0.3, -0.25) is 0 Å². The second kappa shape index (κ2) is 3.96. The van der Waals surface area contributed by atoms with Crippen LogP contribution in [0.4, 0.5) is 0 Å². The Bertz CT molecular complexity index is 248. The summed E-state index contributed by atoms with van der Waals surface area (Å²) in [5.74, 6) is 0. The first-order valence-corrected chi connectivity index (χ1v) is 3.99. The summed E-state index contributed by atoms with van der Waals surface area (Å²) in [6.07, 6.45) is 0. The highest BCUT2D eigenvalue weighted by molar-refractivity contribution is 6.42. The molecule has 1 nitrogen and oxygen atoms in total. The molecule has 3 heteroatoms. The molecule has 0 saturated heterocycles. The average molecular weight is 189 g/mol. The van der Waals surface area contributed by atoms with Crippen molar-refractivity contribution in [1.29, 1.82) is 0 Å². The van der Waals surface area contributed by atoms with Gasteiger partial charge in [0.2, 0.25) is 0 Å². The van der Waals surface area contributed by atoms with Crippen LogP contribution in [-0.2, 0) is 6.54 Å². The fourth-order valence-corrected chi connectivity index (χ4v) is 1.22. The molecule has 0 aliphatic heterocycles. The van der Waals surface area contributed by atoms with Crippen molar-refractivity contribution in [3.8, 4) is 0 Å². The third-order valence-electron chi connectivity index (χ3n) is 1.36. The molecule has 0 aliphatic rings. The third kappa shape index (κ3) is 2.09. The quantitative estimate of drug-likeness (QED) is 0.679. The SMILES string of the molecule is C[N]Cc1cccc(Cl)c1Cl. The summed E-state index contributed by atoms with van der Waals surface area (Å²) in [7, 11) is 1.75. The molecule has 0 fully saturated rings. The molecule has 0 spiro atoms. The Balaban J connectivity index is 2.96. The van der Waals surface area contributed by atoms with E-state index in [9.17, 15) is 0 Å². The number of benzene rings is 1. The van der Waals surface area contributed by atoms with Crippen molar-refractivity contribution in [3.63, 3.8) is 0 Å². The van der Waals surface area contributed by atoms with E-state index in [-0.39, 0.29) is 0 Å². The maximum Gasteiger partial charge on any atom is 0.0637 e. The monoisotopic (exact) mass is 188 g/mol. The molecule has 1 aromatic carbocycles. The van der Waals surface area contributed by atoms with E-state index in [0.29, 0.717) is 16.6 Å². The van der Waals surface area contributed by atoms with Crippen molar-refractivity contribution in [2.75, 3.05) is 7.05 Å². The predicted molar refractivity (Wildman–Crippen MR) is 48.2 cm³/mol. The molecule has 1 radical (unpaired) electrons. The molecule has 1 aromatic rings. The highest BCUT2D eigenvalue weighted by atomic mass is 35.5. The Morgan fingerprint density at radius 1 is 1.36 bits per heavy atom. The lowest BCUT2D eigenvalue weighted by atomic mass is 10.2. The minimum absolute atomic E-state index is 0.591. The molecular weight excluding hydrogens is 181 g/mol. The largest absolute Gasteiger partial charge is 0.240 e. The second-order valence-electron chi connectivity index (χ2n) is 2.19. The van der Waals surface area contributed by atoms with Gasteiger partial charge in [0.15, 0.2) is 0 Å². The van der Waals surface area contributed by atoms with Crippen LogP contribution in [0.15, 0.2) is 18.2 Å². The Kier molecular flexibility index (Phi) is 3.18. The summed E-state index contributed by atoms with van der Waals surface area (Å²) in [6.45, 7) is 0.624. The van der Waals surface area contributed by atoms with Gasteiger partial charge in [-0.1, -0.05) is 35.3 Å². The third-order valence-corrected chi connectivity index (χ3v) is 2.22. The first-order chi connectivity index (χ1) is 5.25. The summed E-state index contributed by atoms with van der Waals surface area (Å²) in [5, 5.41) is 5.17. The van der Waals surface area contributed by atoms with Crippen LogP contribution in [0.1, 0.15) is 5.56 Å². The van der Waals surface area contributed by atoms with E-state index in [1.54, 1.807) is 13.1 Å². The van der Waals surface area contributed by atoms with Gasteiger partial charge in [-0.2, -0.15) is 0 Å². The molecule has 0 atom stereocenters. The smallest absolute Gasteiger partial charge is 0.0637 e. The molecule has 0 heterocycles. The molecule has 0 bridgehead atoms. The van der Waals surface area contributed by atoms with Gasteiger partial charge in [0.1, 0.15) is 0 Å². The standard InChI is InChI=1S/C8H8Cl2N/c1-11-5-6-3-2-4-7(9)8(6)10/h2-4H,5H2,1H3. The molecule has 1 rings (SSSR count). The Morgan fingerprint density at radius 2 is 2.09 bits per heavy atom. The minimum Gasteiger partial charge on any atom is -0.240 e. The van der Waals surface area contributed by atoms with Gasteiger partial charge in [0.05, 0.1) is 10.0 Å². The summed E-state index contributed by atoms with van der Waals surface area (Å²) >= 11 is 11.7. The van der Waals surface area contributed by atoms with E-state index in [2.05, 4.69) is 5.32 Å². The normalized spacial score (nSPS) is 10.1. The number of hydrogen-bond donors (Lipinski definition) is 0. The van der Waals surface area contributed by atoms with Crippen molar-refractivity contribution < 1.29 is 0 Å². The molecule has 0 saturated carbocycles. The highest BCUT2D eigenvalue weighted by Gasteiger charge is 2.01. The molecule has 0 aliphatic carbocycles. The number of halogens is 2. The van der Waals surface area contributed by atoms with E-state index in [4.69, 9.17) is 23.2 Å². The van der Waals surface area contributed by atoms with Gasteiger partial charge in [-0.15, -0.1) is 0 Å². The van der Waals surface area contributed by atoms with Crippen molar-refractivity contribution >= 4 is 23.2 Å². The number of rotatable bonds is 2. The first-order valence-electron chi connectivity index (χ1n) is 3.24. The molecule has 0 aromatic heterocycles. The lowest BCUT2D eigenvalue weighted by molar-refractivity contribution is 0.800. The topological polar surface area (TPSA) is 14.1 Å². The van der Waals surface area contributed by atoms with Gasteiger partial charge < -0.3 is 0 Å². The van der Waals surface area contributed by atoms with E-state index in [1.807, 2.05) is 12.1 Å². The number of hydrogen-bond acceptors (Lipinski definition) is 0. The summed E-state index contributed by atoms with van der Waals surface area (Å²) < 4.78 is 0. The lowest BCUT2D eigenvalue weighted by Crippen LogP contribution is -1.97. The average Bonchev–Trinajstić information content (AvgIpc) is 1.99. The van der Waals surface area contributed by atoms with E-state index in [1.165, 1.54) is 0 Å². The molecule has 0 unspecified atom stereocenters. The molecular formula is C8H8Cl2N. The maximum absolute atomic E-state index is 5.88. The van der Waals surface area contributed by atoms with Gasteiger partial charge >= 0.3 is 0 Å². The van der Waals surface area contributed by atoms with Crippen molar-refractivity contribution in [2.45, 2.75) is 6.54 Å². The van der Waals surface area contributed by atoms with Gasteiger partial charge in [0, 0.05) is 13.6 Å². The van der Waals surface area contributed by atoms with Crippen LogP contribution in [-0.4, -0.2) is 7.05 Å². The second-order valence-corrected chi connectivity index (χ2v) is 2.97. The Morgan fingerprint density at radius 3 is 2.73 bits per heavy atom. The highest BCUT2D eigenvalue weighted by Crippen LogP contribution is 2.25. The van der Waals surface area contributed by atoms with Crippen LogP contribution < -0.4 is 5.32 Å². The van der Waals surface area contributed by atoms with Gasteiger partial charge in [0.25, 0.3) is 0 Å². The van der Waals surface area contributed by atoms with Crippen LogP contribution in [0.2, 0.25) is 10.0 Å². The molecule has 0 N–H and O–H groups in total. The summed E-state index contributed by atoms with van der Waals surface area (Å²) in [5.41, 5.74) is 0.974. The van der Waals surface area contributed by atoms with Crippen LogP contribution in [0.25, 0.3) is 0 Å². The fourth-order valence-electron chi connectivity index (χ4n) is 0.841. The maximum atomic E-state index is 5.88. The predicted octanol–water partition coefficient (Wildman–Crippen LogP) is 2.73. The number of nitrogens with zero attached hydrogens (tertiary/aromatic N) is 1. The van der Waals surface area contributed by atoms with E-state index < -0.39 is 0 Å². The zero-order valence-electron chi connectivity index (χ0n) is 6.14. The molecule has 59 valence electrons. The molecule has 0 amide bonds. The van der Waals surface area contributed by atoms with Crippen molar-refractivity contribution in [2.24, 2.45) is 0 Å². The fraction of sp³-hybridized carbons (Fsp3) is 0.250. The van der Waals surface area contributed by atoms with Crippen LogP contribution >= 0.6 is 23.2 Å². The van der Waals surface area contributed by atoms with Crippen LogP contribution in [0.5, 0.6) is 0 Å². The molecule has 11 heavy (non-hydrogen) atoms. The Labute approximate surface area is 76.3 Å².